The van der Waals surface area contributed by atoms with Gasteiger partial charge in [0, 0.05) is 27.2 Å². The van der Waals surface area contributed by atoms with Crippen molar-refractivity contribution < 1.29 is 4.79 Å². The number of aromatic nitrogens is 2. The molecule has 0 unspecified atom stereocenters. The van der Waals surface area contributed by atoms with Crippen LogP contribution in [0.3, 0.4) is 0 Å². The van der Waals surface area contributed by atoms with E-state index in [-0.39, 0.29) is 11.8 Å². The van der Waals surface area contributed by atoms with Gasteiger partial charge < -0.3 is 0 Å². The topological polar surface area (TPSA) is 47.2 Å². The molecular weight excluding hydrogens is 513 g/mol. The lowest BCUT2D eigenvalue weighted by atomic mass is 9.98. The van der Waals surface area contributed by atoms with Crippen molar-refractivity contribution >= 4 is 42.2 Å². The van der Waals surface area contributed by atoms with E-state index in [1.54, 1.807) is 13.3 Å². The molecule has 4 rings (SSSR count). The first kappa shape index (κ1) is 21.7. The molecule has 0 radical (unpaired) electrons. The van der Waals surface area contributed by atoms with Crippen molar-refractivity contribution in [1.29, 1.82) is 0 Å². The van der Waals surface area contributed by atoms with Gasteiger partial charge in [0.25, 0.3) is 0 Å². The molecule has 156 valence electrons. The number of imidazole rings is 1. The highest BCUT2D eigenvalue weighted by Gasteiger charge is 2.28. The zero-order chi connectivity index (χ0) is 22.3. The first-order chi connectivity index (χ1) is 14.7. The summed E-state index contributed by atoms with van der Waals surface area (Å²) in [6, 6.07) is 14.3. The Morgan fingerprint density at radius 3 is 2.55 bits per heavy atom. The molecule has 0 saturated heterocycles. The van der Waals surface area contributed by atoms with Crippen LogP contribution in [-0.4, -0.2) is 29.1 Å². The van der Waals surface area contributed by atoms with Crippen molar-refractivity contribution in [3.05, 3.63) is 80.4 Å². The highest BCUT2D eigenvalue weighted by atomic mass is 127. The van der Waals surface area contributed by atoms with E-state index in [9.17, 15) is 4.79 Å². The number of benzene rings is 2. The number of carbonyl (C=O) groups excluding carboxylic acids is 1. The van der Waals surface area contributed by atoms with Crippen LogP contribution in [-0.2, 0) is 0 Å². The van der Waals surface area contributed by atoms with E-state index in [0.717, 1.165) is 37.4 Å². The lowest BCUT2D eigenvalue weighted by Crippen LogP contribution is -2.16. The number of ketones is 1. The monoisotopic (exact) mass is 537 g/mol. The average molecular weight is 537 g/mol. The van der Waals surface area contributed by atoms with Crippen molar-refractivity contribution in [2.45, 2.75) is 39.5 Å². The summed E-state index contributed by atoms with van der Waals surface area (Å²) in [7, 11) is -1.50. The van der Waals surface area contributed by atoms with Gasteiger partial charge in [-0.25, -0.2) is 4.98 Å². The minimum atomic E-state index is -1.50. The Balaban J connectivity index is 2.02. The second kappa shape index (κ2) is 8.21. The quantitative estimate of drug-likeness (QED) is 0.179. The summed E-state index contributed by atoms with van der Waals surface area (Å²) >= 11 is 2.36. The van der Waals surface area contributed by atoms with Crippen LogP contribution >= 0.6 is 22.6 Å². The Hall–Kier alpha value is -2.50. The highest BCUT2D eigenvalue weighted by Crippen LogP contribution is 2.33. The van der Waals surface area contributed by atoms with Crippen LogP contribution in [0.2, 0.25) is 19.6 Å². The summed E-state index contributed by atoms with van der Waals surface area (Å²) in [5, 5.41) is 0. The fraction of sp³-hybridized carbons (Fsp3) is 0.240. The molecule has 0 saturated carbocycles. The first-order valence-electron chi connectivity index (χ1n) is 10.2. The van der Waals surface area contributed by atoms with E-state index in [1.807, 2.05) is 29.7 Å². The molecule has 2 heterocycles. The standard InChI is InChI=1S/C25H24IN3OSi/c1-16-25-23(17(2)30)27-15-29(25)22-11-10-18(12-13-31(3,4)5)14-20(22)24(28-16)19-8-6-7-9-21(19)26/h6-11,14-16H,1-5H3/t16-/m0/s1. The summed E-state index contributed by atoms with van der Waals surface area (Å²) in [4.78, 5) is 21.8. The molecule has 0 amide bonds. The van der Waals surface area contributed by atoms with E-state index >= 15 is 0 Å². The van der Waals surface area contributed by atoms with Crippen LogP contribution in [0.25, 0.3) is 5.69 Å². The van der Waals surface area contributed by atoms with E-state index in [2.05, 4.69) is 82.9 Å². The lowest BCUT2D eigenvalue weighted by molar-refractivity contribution is 0.101. The van der Waals surface area contributed by atoms with E-state index in [1.165, 1.54) is 0 Å². The van der Waals surface area contributed by atoms with Crippen LogP contribution in [0.15, 0.2) is 53.8 Å². The van der Waals surface area contributed by atoms with Gasteiger partial charge in [-0.05, 0) is 53.8 Å². The molecule has 0 bridgehead atoms. The predicted molar refractivity (Wildman–Crippen MR) is 137 cm³/mol. The Bertz CT molecular complexity index is 1290. The minimum absolute atomic E-state index is 0.0484. The maximum absolute atomic E-state index is 12.2. The van der Waals surface area contributed by atoms with Crippen LogP contribution in [0, 0.1) is 15.0 Å². The summed E-state index contributed by atoms with van der Waals surface area (Å²) in [5.74, 6) is 3.33. The van der Waals surface area contributed by atoms with Gasteiger partial charge in [0.05, 0.1) is 23.1 Å². The highest BCUT2D eigenvalue weighted by molar-refractivity contribution is 14.1. The zero-order valence-corrected chi connectivity index (χ0v) is 21.5. The fourth-order valence-corrected chi connectivity index (χ4v) is 4.85. The van der Waals surface area contributed by atoms with Gasteiger partial charge in [-0.3, -0.25) is 14.4 Å². The fourth-order valence-electron chi connectivity index (χ4n) is 3.69. The Labute approximate surface area is 198 Å². The minimum Gasteiger partial charge on any atom is -0.300 e. The van der Waals surface area contributed by atoms with Gasteiger partial charge in [-0.1, -0.05) is 43.8 Å². The number of Topliss-reactive ketones (excluding diaryl/α,β-unsaturated/α-hetero) is 1. The molecule has 1 aromatic heterocycles. The number of nitrogens with zero attached hydrogens (tertiary/aromatic N) is 3. The molecule has 31 heavy (non-hydrogen) atoms. The van der Waals surface area contributed by atoms with Crippen LogP contribution < -0.4 is 0 Å². The molecule has 0 N–H and O–H groups in total. The lowest BCUT2D eigenvalue weighted by Gasteiger charge is -2.13. The third-order valence-electron chi connectivity index (χ3n) is 5.08. The number of hydrogen-bond donors (Lipinski definition) is 0. The van der Waals surface area contributed by atoms with Gasteiger partial charge in [0.1, 0.15) is 20.1 Å². The molecule has 0 aliphatic carbocycles. The van der Waals surface area contributed by atoms with Gasteiger partial charge in [0.2, 0.25) is 0 Å². The molecule has 1 atom stereocenters. The maximum atomic E-state index is 12.2. The third kappa shape index (κ3) is 4.30. The number of halogens is 1. The molecule has 1 aliphatic rings. The molecule has 0 fully saturated rings. The summed E-state index contributed by atoms with van der Waals surface area (Å²) in [6.45, 7) is 10.3. The van der Waals surface area contributed by atoms with Crippen molar-refractivity contribution in [1.82, 2.24) is 9.55 Å². The Morgan fingerprint density at radius 1 is 1.13 bits per heavy atom. The van der Waals surface area contributed by atoms with Gasteiger partial charge >= 0.3 is 0 Å². The Kier molecular flexibility index (Phi) is 5.75. The van der Waals surface area contributed by atoms with Gasteiger partial charge in [0.15, 0.2) is 5.78 Å². The summed E-state index contributed by atoms with van der Waals surface area (Å²) < 4.78 is 3.14. The number of aliphatic imine (C=N–C) groups is 1. The van der Waals surface area contributed by atoms with E-state index in [0.29, 0.717) is 5.69 Å². The Morgan fingerprint density at radius 2 is 1.87 bits per heavy atom. The molecule has 2 aromatic carbocycles. The first-order valence-corrected chi connectivity index (χ1v) is 14.8. The zero-order valence-electron chi connectivity index (χ0n) is 18.3. The largest absolute Gasteiger partial charge is 0.300 e. The molecule has 4 nitrogen and oxygen atoms in total. The normalized spacial score (nSPS) is 15.2. The van der Waals surface area contributed by atoms with E-state index < -0.39 is 8.07 Å². The molecule has 1 aliphatic heterocycles. The molecule has 3 aromatic rings. The average Bonchev–Trinajstić information content (AvgIpc) is 3.11. The number of carbonyl (C=O) groups is 1. The van der Waals surface area contributed by atoms with Crippen LogP contribution in [0.1, 0.15) is 52.8 Å². The number of fused-ring (bicyclic) bond motifs is 3. The number of rotatable bonds is 2. The van der Waals surface area contributed by atoms with Gasteiger partial charge in [-0.15, -0.1) is 5.54 Å². The third-order valence-corrected chi connectivity index (χ3v) is 6.89. The maximum Gasteiger partial charge on any atom is 0.180 e. The molecule has 6 heteroatoms. The van der Waals surface area contributed by atoms with E-state index in [4.69, 9.17) is 4.99 Å². The molecule has 0 spiro atoms. The SMILES string of the molecule is CC(=O)c1ncn2c1[C@H](C)N=C(c1ccccc1I)c1cc(C#C[Si](C)(C)C)ccc1-2. The van der Waals surface area contributed by atoms with Crippen molar-refractivity contribution in [2.75, 3.05) is 0 Å². The van der Waals surface area contributed by atoms with Crippen molar-refractivity contribution in [3.8, 4) is 17.2 Å². The summed E-state index contributed by atoms with van der Waals surface area (Å²) in [6.07, 6.45) is 1.74. The van der Waals surface area contributed by atoms with Crippen molar-refractivity contribution in [2.24, 2.45) is 4.99 Å². The predicted octanol–water partition coefficient (Wildman–Crippen LogP) is 5.82. The van der Waals surface area contributed by atoms with Crippen LogP contribution in [0.5, 0.6) is 0 Å². The molecular formula is C25H24IN3OSi. The van der Waals surface area contributed by atoms with Crippen LogP contribution in [0.4, 0.5) is 0 Å². The summed E-state index contributed by atoms with van der Waals surface area (Å²) in [5.41, 5.74) is 9.71. The second-order valence-corrected chi connectivity index (χ2v) is 14.7. The van der Waals surface area contributed by atoms with Gasteiger partial charge in [-0.2, -0.15) is 0 Å². The smallest absolute Gasteiger partial charge is 0.180 e. The van der Waals surface area contributed by atoms with Crippen molar-refractivity contribution in [3.63, 3.8) is 0 Å². The second-order valence-electron chi connectivity index (χ2n) is 8.77. The number of hydrogen-bond acceptors (Lipinski definition) is 3.